The fraction of sp³-hybridized carbons (Fsp3) is 0.667. The van der Waals surface area contributed by atoms with Gasteiger partial charge in [0.15, 0.2) is 0 Å². The molecule has 1 aromatic rings. The minimum atomic E-state index is -0.476. The van der Waals surface area contributed by atoms with Crippen molar-refractivity contribution in [2.75, 3.05) is 11.9 Å². The first kappa shape index (κ1) is 16.1. The van der Waals surface area contributed by atoms with Crippen molar-refractivity contribution in [3.63, 3.8) is 0 Å². The highest BCUT2D eigenvalue weighted by Gasteiger charge is 2.54. The Morgan fingerprint density at radius 1 is 1.39 bits per heavy atom. The predicted molar refractivity (Wildman–Crippen MR) is 90.4 cm³/mol. The van der Waals surface area contributed by atoms with Crippen molar-refractivity contribution in [2.24, 2.45) is 5.41 Å². The third-order valence-corrected chi connectivity index (χ3v) is 4.85. The Hall–Kier alpha value is -1.78. The van der Waals surface area contributed by atoms with Crippen LogP contribution in [0.2, 0.25) is 0 Å². The van der Waals surface area contributed by atoms with Crippen LogP contribution in [0.4, 0.5) is 10.6 Å². The van der Waals surface area contributed by atoms with Crippen molar-refractivity contribution in [3.05, 3.63) is 23.9 Å². The van der Waals surface area contributed by atoms with Gasteiger partial charge in [0.2, 0.25) is 0 Å². The van der Waals surface area contributed by atoms with Gasteiger partial charge in [-0.1, -0.05) is 6.07 Å². The topological polar surface area (TPSA) is 54.5 Å². The van der Waals surface area contributed by atoms with E-state index in [1.54, 1.807) is 0 Å². The molecule has 1 N–H and O–H groups in total. The van der Waals surface area contributed by atoms with Gasteiger partial charge in [0.25, 0.3) is 0 Å². The quantitative estimate of drug-likeness (QED) is 0.923. The van der Waals surface area contributed by atoms with Gasteiger partial charge < -0.3 is 15.0 Å². The molecule has 0 aliphatic heterocycles. The summed E-state index contributed by atoms with van der Waals surface area (Å²) in [7, 11) is 2.13. The van der Waals surface area contributed by atoms with Gasteiger partial charge in [-0.05, 0) is 63.5 Å². The Kier molecular flexibility index (Phi) is 3.98. The van der Waals surface area contributed by atoms with E-state index in [9.17, 15) is 4.79 Å². The molecule has 1 heterocycles. The Morgan fingerprint density at radius 2 is 2.09 bits per heavy atom. The first-order valence-electron chi connectivity index (χ1n) is 8.41. The number of hydrogen-bond donors (Lipinski definition) is 1. The number of nitrogens with one attached hydrogen (secondary N) is 1. The maximum absolute atomic E-state index is 11.6. The smallest absolute Gasteiger partial charge is 0.407 e. The van der Waals surface area contributed by atoms with Crippen molar-refractivity contribution in [1.29, 1.82) is 0 Å². The summed E-state index contributed by atoms with van der Waals surface area (Å²) in [4.78, 5) is 18.5. The van der Waals surface area contributed by atoms with Crippen molar-refractivity contribution < 1.29 is 9.53 Å². The maximum Gasteiger partial charge on any atom is 0.407 e. The van der Waals surface area contributed by atoms with Crippen LogP contribution in [0.5, 0.6) is 0 Å². The van der Waals surface area contributed by atoms with E-state index < -0.39 is 11.7 Å². The summed E-state index contributed by atoms with van der Waals surface area (Å²) in [6.07, 6.45) is 6.89. The van der Waals surface area contributed by atoms with Crippen LogP contribution in [0.15, 0.2) is 18.3 Å². The molecular weight excluding hydrogens is 290 g/mol. The molecule has 0 bridgehead atoms. The molecule has 2 fully saturated rings. The summed E-state index contributed by atoms with van der Waals surface area (Å²) in [6.45, 7) is 5.99. The molecule has 1 amide bonds. The second kappa shape index (κ2) is 5.69. The van der Waals surface area contributed by atoms with Crippen molar-refractivity contribution in [2.45, 2.75) is 64.6 Å². The van der Waals surface area contributed by atoms with Crippen LogP contribution in [0.1, 0.15) is 52.0 Å². The number of nitrogens with zero attached hydrogens (tertiary/aromatic N) is 2. The molecule has 1 aromatic heterocycles. The van der Waals surface area contributed by atoms with Crippen LogP contribution >= 0.6 is 0 Å². The molecule has 2 aliphatic carbocycles. The number of carbonyl (C=O) groups excluding carboxylic acids is 1. The Morgan fingerprint density at radius 3 is 2.61 bits per heavy atom. The van der Waals surface area contributed by atoms with Crippen LogP contribution in [0.3, 0.4) is 0 Å². The molecular formula is C18H27N3O2. The normalized spacial score (nSPS) is 19.1. The molecule has 126 valence electrons. The fourth-order valence-corrected chi connectivity index (χ4v) is 3.20. The van der Waals surface area contributed by atoms with Crippen molar-refractivity contribution in [1.82, 2.24) is 10.3 Å². The van der Waals surface area contributed by atoms with Gasteiger partial charge in [-0.25, -0.2) is 9.78 Å². The lowest BCUT2D eigenvalue weighted by molar-refractivity contribution is 0.0523. The second-order valence-corrected chi connectivity index (χ2v) is 8.05. The molecule has 0 unspecified atom stereocenters. The Labute approximate surface area is 138 Å². The number of alkyl carbamates (subject to hydrolysis) is 1. The molecule has 0 saturated heterocycles. The number of pyridine rings is 1. The van der Waals surface area contributed by atoms with Gasteiger partial charge in [-0.15, -0.1) is 0 Å². The number of ether oxygens (including phenoxy) is 1. The predicted octanol–water partition coefficient (Wildman–Crippen LogP) is 3.49. The minimum Gasteiger partial charge on any atom is -0.444 e. The van der Waals surface area contributed by atoms with Crippen LogP contribution in [-0.2, 0) is 11.3 Å². The molecule has 1 spiro atoms. The van der Waals surface area contributed by atoms with E-state index in [0.29, 0.717) is 18.0 Å². The van der Waals surface area contributed by atoms with Crippen LogP contribution in [-0.4, -0.2) is 29.8 Å². The zero-order valence-electron chi connectivity index (χ0n) is 14.6. The maximum atomic E-state index is 11.6. The lowest BCUT2D eigenvalue weighted by Crippen LogP contribution is -2.44. The van der Waals surface area contributed by atoms with Crippen molar-refractivity contribution in [3.8, 4) is 0 Å². The summed E-state index contributed by atoms with van der Waals surface area (Å²) < 4.78 is 5.22. The van der Waals surface area contributed by atoms with Crippen LogP contribution in [0, 0.1) is 5.41 Å². The Bertz CT molecular complexity index is 565. The SMILES string of the molecule is CN(c1ccc(CNC(=O)OC(C)(C)C)cn1)C1CC2(CC2)C1. The number of rotatable bonds is 4. The Balaban J connectivity index is 1.48. The zero-order valence-corrected chi connectivity index (χ0v) is 14.6. The van der Waals surface area contributed by atoms with Gasteiger partial charge in [0.05, 0.1) is 0 Å². The molecule has 3 rings (SSSR count). The van der Waals surface area contributed by atoms with Crippen LogP contribution in [0.25, 0.3) is 0 Å². The van der Waals surface area contributed by atoms with Crippen LogP contribution < -0.4 is 10.2 Å². The van der Waals surface area contributed by atoms with Gasteiger partial charge in [-0.3, -0.25) is 0 Å². The highest BCUT2D eigenvalue weighted by molar-refractivity contribution is 5.67. The van der Waals surface area contributed by atoms with Gasteiger partial charge in [0.1, 0.15) is 11.4 Å². The van der Waals surface area contributed by atoms with E-state index in [4.69, 9.17) is 4.74 Å². The standard InChI is InChI=1S/C18H27N3O2/c1-17(2,3)23-16(22)20-12-13-5-6-15(19-11-13)21(4)14-9-18(10-14)7-8-18/h5-6,11,14H,7-10,12H2,1-4H3,(H,20,22). The van der Waals surface area contributed by atoms with Crippen molar-refractivity contribution >= 4 is 11.9 Å². The lowest BCUT2D eigenvalue weighted by Gasteiger charge is -2.42. The van der Waals surface area contributed by atoms with E-state index in [2.05, 4.69) is 22.2 Å². The second-order valence-electron chi connectivity index (χ2n) is 8.05. The van der Waals surface area contributed by atoms with E-state index in [0.717, 1.165) is 11.4 Å². The van der Waals surface area contributed by atoms with E-state index >= 15 is 0 Å². The summed E-state index contributed by atoms with van der Waals surface area (Å²) in [5.74, 6) is 1.01. The molecule has 2 saturated carbocycles. The number of aromatic nitrogens is 1. The lowest BCUT2D eigenvalue weighted by atomic mass is 9.76. The summed E-state index contributed by atoms with van der Waals surface area (Å²) in [6, 6.07) is 4.68. The average molecular weight is 317 g/mol. The summed E-state index contributed by atoms with van der Waals surface area (Å²) in [5, 5.41) is 2.75. The number of hydrogen-bond acceptors (Lipinski definition) is 4. The minimum absolute atomic E-state index is 0.400. The molecule has 23 heavy (non-hydrogen) atoms. The molecule has 2 aliphatic rings. The van der Waals surface area contributed by atoms with Gasteiger partial charge in [0, 0.05) is 25.8 Å². The zero-order chi connectivity index (χ0) is 16.7. The number of amides is 1. The fourth-order valence-electron chi connectivity index (χ4n) is 3.20. The third-order valence-electron chi connectivity index (χ3n) is 4.85. The largest absolute Gasteiger partial charge is 0.444 e. The summed E-state index contributed by atoms with van der Waals surface area (Å²) in [5.41, 5.74) is 1.20. The number of carbonyl (C=O) groups is 1. The van der Waals surface area contributed by atoms with Gasteiger partial charge >= 0.3 is 6.09 Å². The van der Waals surface area contributed by atoms with E-state index in [1.165, 1.54) is 25.7 Å². The third kappa shape index (κ3) is 3.95. The molecule has 0 atom stereocenters. The van der Waals surface area contributed by atoms with E-state index in [-0.39, 0.29) is 0 Å². The highest BCUT2D eigenvalue weighted by atomic mass is 16.6. The molecule has 5 heteroatoms. The molecule has 5 nitrogen and oxygen atoms in total. The highest BCUT2D eigenvalue weighted by Crippen LogP contribution is 2.61. The molecule has 0 radical (unpaired) electrons. The summed E-state index contributed by atoms with van der Waals surface area (Å²) >= 11 is 0. The van der Waals surface area contributed by atoms with E-state index in [1.807, 2.05) is 39.1 Å². The first-order chi connectivity index (χ1) is 10.8. The van der Waals surface area contributed by atoms with Gasteiger partial charge in [-0.2, -0.15) is 0 Å². The first-order valence-corrected chi connectivity index (χ1v) is 8.41. The monoisotopic (exact) mass is 317 g/mol. The number of anilines is 1. The average Bonchev–Trinajstić information content (AvgIpc) is 3.22. The molecule has 0 aromatic carbocycles.